The zero-order valence-corrected chi connectivity index (χ0v) is 13.0. The molecule has 0 N–H and O–H groups in total. The van der Waals surface area contributed by atoms with Crippen LogP contribution in [0, 0.1) is 6.92 Å². The predicted molar refractivity (Wildman–Crippen MR) is 84.6 cm³/mol. The van der Waals surface area contributed by atoms with Crippen molar-refractivity contribution >= 4 is 28.6 Å². The molecule has 0 unspecified atom stereocenters. The average Bonchev–Trinajstić information content (AvgIpc) is 2.90. The molecule has 112 valence electrons. The van der Waals surface area contributed by atoms with E-state index in [1.165, 1.54) is 0 Å². The summed E-state index contributed by atoms with van der Waals surface area (Å²) >= 11 is 6.08. The number of benzene rings is 1. The van der Waals surface area contributed by atoms with Crippen molar-refractivity contribution in [1.82, 2.24) is 14.8 Å². The normalized spacial score (nSPS) is 10.9. The maximum atomic E-state index is 12.1. The third kappa shape index (κ3) is 2.44. The molecule has 0 radical (unpaired) electrons. The van der Waals surface area contributed by atoms with Gasteiger partial charge in [0.2, 0.25) is 0 Å². The van der Waals surface area contributed by atoms with Gasteiger partial charge in [0.1, 0.15) is 0 Å². The molecule has 0 atom stereocenters. The molecular formula is C16H14ClN3O2. The van der Waals surface area contributed by atoms with E-state index in [1.807, 2.05) is 19.1 Å². The lowest BCUT2D eigenvalue weighted by Crippen LogP contribution is -2.07. The Morgan fingerprint density at radius 2 is 2.18 bits per heavy atom. The maximum Gasteiger partial charge on any atom is 0.359 e. The minimum Gasteiger partial charge on any atom is -0.461 e. The molecule has 0 bridgehead atoms. The zero-order chi connectivity index (χ0) is 15.7. The highest BCUT2D eigenvalue weighted by Gasteiger charge is 2.20. The van der Waals surface area contributed by atoms with Gasteiger partial charge >= 0.3 is 5.97 Å². The third-order valence-electron chi connectivity index (χ3n) is 3.31. The summed E-state index contributed by atoms with van der Waals surface area (Å²) in [5.41, 5.74) is 2.61. The lowest BCUT2D eigenvalue weighted by Gasteiger charge is -2.07. The molecule has 5 nitrogen and oxygen atoms in total. The summed E-state index contributed by atoms with van der Waals surface area (Å²) in [7, 11) is 0. The summed E-state index contributed by atoms with van der Waals surface area (Å²) < 4.78 is 6.70. The number of carbonyl (C=O) groups is 1. The molecule has 3 aromatic rings. The van der Waals surface area contributed by atoms with Gasteiger partial charge < -0.3 is 4.74 Å². The lowest BCUT2D eigenvalue weighted by atomic mass is 10.2. The highest BCUT2D eigenvalue weighted by atomic mass is 35.5. The van der Waals surface area contributed by atoms with Crippen LogP contribution in [0.3, 0.4) is 0 Å². The van der Waals surface area contributed by atoms with Crippen molar-refractivity contribution in [2.75, 3.05) is 6.61 Å². The molecule has 2 aromatic heterocycles. The first-order valence-corrected chi connectivity index (χ1v) is 7.27. The number of hydrogen-bond donors (Lipinski definition) is 0. The number of esters is 1. The fraction of sp³-hybridized carbons (Fsp3) is 0.188. The monoisotopic (exact) mass is 315 g/mol. The van der Waals surface area contributed by atoms with Crippen molar-refractivity contribution < 1.29 is 9.53 Å². The number of hydrogen-bond acceptors (Lipinski definition) is 4. The Balaban J connectivity index is 2.26. The Morgan fingerprint density at radius 1 is 1.36 bits per heavy atom. The Bertz CT molecular complexity index is 858. The molecule has 0 spiro atoms. The van der Waals surface area contributed by atoms with Crippen LogP contribution in [0.15, 0.2) is 36.5 Å². The molecular weight excluding hydrogens is 302 g/mol. The van der Waals surface area contributed by atoms with Gasteiger partial charge in [-0.3, -0.25) is 0 Å². The van der Waals surface area contributed by atoms with Gasteiger partial charge in [0.15, 0.2) is 11.3 Å². The zero-order valence-electron chi connectivity index (χ0n) is 12.2. The lowest BCUT2D eigenvalue weighted by molar-refractivity contribution is 0.0521. The van der Waals surface area contributed by atoms with Crippen molar-refractivity contribution in [3.05, 3.63) is 52.8 Å². The van der Waals surface area contributed by atoms with Gasteiger partial charge in [-0.25, -0.2) is 14.5 Å². The van der Waals surface area contributed by atoms with E-state index in [1.54, 1.807) is 36.0 Å². The van der Waals surface area contributed by atoms with Gasteiger partial charge in [0.05, 0.1) is 17.7 Å². The Morgan fingerprint density at radius 3 is 2.95 bits per heavy atom. The van der Waals surface area contributed by atoms with E-state index < -0.39 is 5.97 Å². The number of nitrogens with zero attached hydrogens (tertiary/aromatic N) is 3. The van der Waals surface area contributed by atoms with E-state index in [-0.39, 0.29) is 5.69 Å². The van der Waals surface area contributed by atoms with Gasteiger partial charge in [-0.05, 0) is 43.7 Å². The predicted octanol–water partition coefficient (Wildman–Crippen LogP) is 3.56. The summed E-state index contributed by atoms with van der Waals surface area (Å²) in [6, 6.07) is 9.08. The van der Waals surface area contributed by atoms with Crippen molar-refractivity contribution in [1.29, 1.82) is 0 Å². The van der Waals surface area contributed by atoms with Crippen LogP contribution in [-0.2, 0) is 4.74 Å². The average molecular weight is 316 g/mol. The van der Waals surface area contributed by atoms with E-state index in [0.29, 0.717) is 22.7 Å². The largest absolute Gasteiger partial charge is 0.461 e. The molecule has 0 aliphatic heterocycles. The van der Waals surface area contributed by atoms with Crippen LogP contribution >= 0.6 is 11.6 Å². The number of carbonyl (C=O) groups excluding carboxylic acids is 1. The summed E-state index contributed by atoms with van der Waals surface area (Å²) in [6.07, 6.45) is 1.66. The van der Waals surface area contributed by atoms with Crippen LogP contribution in [0.4, 0.5) is 0 Å². The highest BCUT2D eigenvalue weighted by Crippen LogP contribution is 2.25. The SMILES string of the molecule is CCOC(=O)c1nn(-c2cc(Cl)ccc2C)c2ncccc12. The number of fused-ring (bicyclic) bond motifs is 1. The maximum absolute atomic E-state index is 12.1. The second-order valence-corrected chi connectivity index (χ2v) is 5.22. The third-order valence-corrected chi connectivity index (χ3v) is 3.55. The highest BCUT2D eigenvalue weighted by molar-refractivity contribution is 6.30. The van der Waals surface area contributed by atoms with E-state index >= 15 is 0 Å². The van der Waals surface area contributed by atoms with Crippen LogP contribution in [0.2, 0.25) is 5.02 Å². The second kappa shape index (κ2) is 5.77. The molecule has 0 amide bonds. The minimum absolute atomic E-state index is 0.254. The van der Waals surface area contributed by atoms with Crippen LogP contribution in [0.25, 0.3) is 16.7 Å². The number of pyridine rings is 1. The Hall–Kier alpha value is -2.40. The fourth-order valence-electron chi connectivity index (χ4n) is 2.28. The number of halogens is 1. The standard InChI is InChI=1S/C16H14ClN3O2/c1-3-22-16(21)14-12-5-4-8-18-15(12)20(19-14)13-9-11(17)7-6-10(13)2/h4-9H,3H2,1-2H3. The first-order valence-electron chi connectivity index (χ1n) is 6.89. The van der Waals surface area contributed by atoms with E-state index in [9.17, 15) is 4.79 Å². The quantitative estimate of drug-likeness (QED) is 0.693. The smallest absolute Gasteiger partial charge is 0.359 e. The van der Waals surface area contributed by atoms with Crippen molar-refractivity contribution in [3.63, 3.8) is 0 Å². The van der Waals surface area contributed by atoms with Crippen LogP contribution in [0.5, 0.6) is 0 Å². The van der Waals surface area contributed by atoms with Crippen molar-refractivity contribution in [3.8, 4) is 5.69 Å². The molecule has 0 fully saturated rings. The molecule has 0 saturated carbocycles. The van der Waals surface area contributed by atoms with Crippen LogP contribution in [-0.4, -0.2) is 27.3 Å². The number of aryl methyl sites for hydroxylation is 1. The molecule has 22 heavy (non-hydrogen) atoms. The van der Waals surface area contributed by atoms with Crippen molar-refractivity contribution in [2.45, 2.75) is 13.8 Å². The first kappa shape index (κ1) is 14.5. The van der Waals surface area contributed by atoms with E-state index in [2.05, 4.69) is 10.1 Å². The summed E-state index contributed by atoms with van der Waals surface area (Å²) in [4.78, 5) is 16.4. The molecule has 1 aromatic carbocycles. The second-order valence-electron chi connectivity index (χ2n) is 4.79. The summed E-state index contributed by atoms with van der Waals surface area (Å²) in [6.45, 7) is 4.01. The minimum atomic E-state index is -0.459. The van der Waals surface area contributed by atoms with Gasteiger partial charge in [0.25, 0.3) is 0 Å². The molecule has 6 heteroatoms. The molecule has 0 aliphatic carbocycles. The van der Waals surface area contributed by atoms with Gasteiger partial charge in [-0.15, -0.1) is 0 Å². The number of aromatic nitrogens is 3. The molecule has 0 saturated heterocycles. The Labute approximate surface area is 132 Å². The fourth-order valence-corrected chi connectivity index (χ4v) is 2.45. The first-order chi connectivity index (χ1) is 10.6. The van der Waals surface area contributed by atoms with Crippen LogP contribution < -0.4 is 0 Å². The van der Waals surface area contributed by atoms with E-state index in [4.69, 9.17) is 16.3 Å². The van der Waals surface area contributed by atoms with Gasteiger partial charge in [0, 0.05) is 11.2 Å². The van der Waals surface area contributed by atoms with Gasteiger partial charge in [-0.1, -0.05) is 17.7 Å². The molecule has 2 heterocycles. The molecule has 0 aliphatic rings. The van der Waals surface area contributed by atoms with Gasteiger partial charge in [-0.2, -0.15) is 5.10 Å². The topological polar surface area (TPSA) is 57.0 Å². The number of rotatable bonds is 3. The number of ether oxygens (including phenoxy) is 1. The Kier molecular flexibility index (Phi) is 3.81. The molecule has 3 rings (SSSR count). The van der Waals surface area contributed by atoms with E-state index in [0.717, 1.165) is 11.3 Å². The summed E-state index contributed by atoms with van der Waals surface area (Å²) in [5, 5.41) is 5.65. The van der Waals surface area contributed by atoms with Crippen molar-refractivity contribution in [2.24, 2.45) is 0 Å². The summed E-state index contributed by atoms with van der Waals surface area (Å²) in [5.74, 6) is -0.459. The van der Waals surface area contributed by atoms with Crippen LogP contribution in [0.1, 0.15) is 23.0 Å².